The van der Waals surface area contributed by atoms with Crippen molar-refractivity contribution in [3.05, 3.63) is 60.3 Å². The van der Waals surface area contributed by atoms with Gasteiger partial charge in [-0.1, -0.05) is 12.1 Å². The Morgan fingerprint density at radius 1 is 1.18 bits per heavy atom. The Kier molecular flexibility index (Phi) is 6.53. The van der Waals surface area contributed by atoms with E-state index in [0.29, 0.717) is 37.9 Å². The predicted molar refractivity (Wildman–Crippen MR) is 122 cm³/mol. The predicted octanol–water partition coefficient (Wildman–Crippen LogP) is 1.33. The van der Waals surface area contributed by atoms with Gasteiger partial charge in [0.1, 0.15) is 23.9 Å². The highest BCUT2D eigenvalue weighted by molar-refractivity contribution is 5.88. The first-order valence-electron chi connectivity index (χ1n) is 10.7. The number of methoxy groups -OCH3 is 1. The zero-order valence-corrected chi connectivity index (χ0v) is 18.9. The summed E-state index contributed by atoms with van der Waals surface area (Å²) >= 11 is 0. The average Bonchev–Trinajstić information content (AvgIpc) is 3.37. The van der Waals surface area contributed by atoms with Crippen molar-refractivity contribution in [2.45, 2.75) is 26.4 Å². The van der Waals surface area contributed by atoms with Crippen LogP contribution in [0.2, 0.25) is 0 Å². The molecule has 0 spiro atoms. The molecule has 1 N–H and O–H groups in total. The lowest BCUT2D eigenvalue weighted by Gasteiger charge is -2.40. The fourth-order valence-corrected chi connectivity index (χ4v) is 3.83. The van der Waals surface area contributed by atoms with Crippen molar-refractivity contribution >= 4 is 17.6 Å². The molecule has 0 bridgehead atoms. The number of benzene rings is 1. The number of carbonyl (C=O) groups is 2. The van der Waals surface area contributed by atoms with Gasteiger partial charge in [0.25, 0.3) is 0 Å². The van der Waals surface area contributed by atoms with Gasteiger partial charge in [0, 0.05) is 57.3 Å². The highest BCUT2D eigenvalue weighted by atomic mass is 16.5. The lowest BCUT2D eigenvalue weighted by atomic mass is 10.1. The second kappa shape index (κ2) is 9.68. The Bertz CT molecular complexity index is 1120. The summed E-state index contributed by atoms with van der Waals surface area (Å²) in [5, 5.41) is 2.96. The standard InChI is InChI=1S/C23H27N7O3/c1-16-12-21(27-23(26-16)29-9-8-24-15-29)28-10-11-30(17(2)31)20(14-28)22(32)25-13-18-4-6-19(33-3)7-5-18/h4-9,12,15,20H,10-11,13-14H2,1-3H3,(H,25,32). The van der Waals surface area contributed by atoms with Gasteiger partial charge in [0.2, 0.25) is 17.8 Å². The Morgan fingerprint density at radius 3 is 2.64 bits per heavy atom. The van der Waals surface area contributed by atoms with Gasteiger partial charge in [-0.05, 0) is 24.6 Å². The van der Waals surface area contributed by atoms with Crippen LogP contribution in [0.4, 0.5) is 5.82 Å². The third-order valence-electron chi connectivity index (χ3n) is 5.60. The van der Waals surface area contributed by atoms with Crippen LogP contribution >= 0.6 is 0 Å². The number of nitrogens with zero attached hydrogens (tertiary/aromatic N) is 6. The van der Waals surface area contributed by atoms with Gasteiger partial charge in [-0.15, -0.1) is 0 Å². The minimum Gasteiger partial charge on any atom is -0.497 e. The molecule has 10 heteroatoms. The third kappa shape index (κ3) is 5.11. The molecule has 2 aromatic heterocycles. The van der Waals surface area contributed by atoms with Crippen molar-refractivity contribution < 1.29 is 14.3 Å². The fourth-order valence-electron chi connectivity index (χ4n) is 3.83. The van der Waals surface area contributed by atoms with Gasteiger partial charge in [-0.2, -0.15) is 4.98 Å². The molecule has 1 aliphatic heterocycles. The molecule has 1 saturated heterocycles. The molecule has 0 aliphatic carbocycles. The number of piperazine rings is 1. The first-order valence-corrected chi connectivity index (χ1v) is 10.7. The molecule has 3 aromatic rings. The van der Waals surface area contributed by atoms with Gasteiger partial charge in [0.05, 0.1) is 7.11 Å². The van der Waals surface area contributed by atoms with Gasteiger partial charge in [0.15, 0.2) is 0 Å². The molecule has 1 aromatic carbocycles. The Balaban J connectivity index is 1.50. The minimum atomic E-state index is -0.624. The monoisotopic (exact) mass is 449 g/mol. The van der Waals surface area contributed by atoms with E-state index in [1.165, 1.54) is 6.92 Å². The lowest BCUT2D eigenvalue weighted by molar-refractivity contribution is -0.139. The number of ether oxygens (including phenoxy) is 1. The van der Waals surface area contributed by atoms with Crippen LogP contribution in [0.15, 0.2) is 49.1 Å². The SMILES string of the molecule is COc1ccc(CNC(=O)C2CN(c3cc(C)nc(-n4ccnc4)n3)CCN2C(C)=O)cc1. The lowest BCUT2D eigenvalue weighted by Crippen LogP contribution is -2.60. The zero-order valence-electron chi connectivity index (χ0n) is 18.9. The van der Waals surface area contributed by atoms with Crippen LogP contribution in [0, 0.1) is 6.92 Å². The fraction of sp³-hybridized carbons (Fsp3) is 0.348. The van der Waals surface area contributed by atoms with Gasteiger partial charge >= 0.3 is 0 Å². The molecule has 10 nitrogen and oxygen atoms in total. The molecule has 0 radical (unpaired) electrons. The molecule has 1 unspecified atom stereocenters. The maximum atomic E-state index is 13.1. The van der Waals surface area contributed by atoms with Crippen LogP contribution in [-0.4, -0.2) is 69.0 Å². The summed E-state index contributed by atoms with van der Waals surface area (Å²) in [7, 11) is 1.61. The number of carbonyl (C=O) groups excluding carboxylic acids is 2. The van der Waals surface area contributed by atoms with Crippen LogP contribution in [0.1, 0.15) is 18.2 Å². The van der Waals surface area contributed by atoms with Crippen LogP contribution < -0.4 is 15.0 Å². The molecule has 33 heavy (non-hydrogen) atoms. The Morgan fingerprint density at radius 2 is 1.97 bits per heavy atom. The number of hydrogen-bond acceptors (Lipinski definition) is 7. The van der Waals surface area contributed by atoms with Crippen molar-refractivity contribution in [2.75, 3.05) is 31.6 Å². The molecular weight excluding hydrogens is 422 g/mol. The van der Waals surface area contributed by atoms with Gasteiger partial charge in [-0.3, -0.25) is 14.2 Å². The van der Waals surface area contributed by atoms with E-state index in [1.54, 1.807) is 35.3 Å². The Labute approximate surface area is 192 Å². The number of aryl methyl sites for hydroxylation is 1. The second-order valence-electron chi connectivity index (χ2n) is 7.88. The molecule has 172 valence electrons. The van der Waals surface area contributed by atoms with Crippen molar-refractivity contribution in [3.8, 4) is 11.7 Å². The van der Waals surface area contributed by atoms with Crippen LogP contribution in [0.25, 0.3) is 5.95 Å². The molecule has 2 amide bonds. The first kappa shape index (κ1) is 22.3. The van der Waals surface area contributed by atoms with Crippen molar-refractivity contribution in [1.29, 1.82) is 0 Å². The van der Waals surface area contributed by atoms with Crippen molar-refractivity contribution in [1.82, 2.24) is 29.7 Å². The maximum absolute atomic E-state index is 13.1. The minimum absolute atomic E-state index is 0.128. The van der Waals surface area contributed by atoms with E-state index in [1.807, 2.05) is 42.2 Å². The van der Waals surface area contributed by atoms with Crippen LogP contribution in [0.3, 0.4) is 0 Å². The highest BCUT2D eigenvalue weighted by Crippen LogP contribution is 2.20. The van der Waals surface area contributed by atoms with E-state index in [0.717, 1.165) is 17.0 Å². The summed E-state index contributed by atoms with van der Waals surface area (Å²) < 4.78 is 6.91. The molecule has 1 aliphatic rings. The highest BCUT2D eigenvalue weighted by Gasteiger charge is 2.34. The normalized spacial score (nSPS) is 15.9. The van der Waals surface area contributed by atoms with Crippen molar-refractivity contribution in [3.63, 3.8) is 0 Å². The average molecular weight is 450 g/mol. The third-order valence-corrected chi connectivity index (χ3v) is 5.60. The molecule has 1 fully saturated rings. The number of aromatic nitrogens is 4. The second-order valence-corrected chi connectivity index (χ2v) is 7.88. The largest absolute Gasteiger partial charge is 0.497 e. The maximum Gasteiger partial charge on any atom is 0.244 e. The quantitative estimate of drug-likeness (QED) is 0.605. The summed E-state index contributed by atoms with van der Waals surface area (Å²) in [5.74, 6) is 1.65. The molecule has 3 heterocycles. The van der Waals surface area contributed by atoms with E-state index >= 15 is 0 Å². The van der Waals surface area contributed by atoms with E-state index in [-0.39, 0.29) is 11.8 Å². The number of hydrogen-bond donors (Lipinski definition) is 1. The number of imidazole rings is 1. The number of amides is 2. The van der Waals surface area contributed by atoms with Gasteiger partial charge < -0.3 is 19.9 Å². The van der Waals surface area contributed by atoms with E-state index < -0.39 is 6.04 Å². The van der Waals surface area contributed by atoms with E-state index in [9.17, 15) is 9.59 Å². The Hall–Kier alpha value is -3.95. The first-order chi connectivity index (χ1) is 15.9. The summed E-state index contributed by atoms with van der Waals surface area (Å²) in [6.07, 6.45) is 5.09. The summed E-state index contributed by atoms with van der Waals surface area (Å²) in [6, 6.07) is 8.76. The topological polar surface area (TPSA) is 105 Å². The number of nitrogens with one attached hydrogen (secondary N) is 1. The van der Waals surface area contributed by atoms with E-state index in [4.69, 9.17) is 4.74 Å². The van der Waals surface area contributed by atoms with Crippen LogP contribution in [0.5, 0.6) is 5.75 Å². The summed E-state index contributed by atoms with van der Waals surface area (Å²) in [6.45, 7) is 5.10. The van der Waals surface area contributed by atoms with Crippen molar-refractivity contribution in [2.24, 2.45) is 0 Å². The molecule has 1 atom stereocenters. The molecule has 0 saturated carbocycles. The number of rotatable bonds is 6. The molecule has 4 rings (SSSR count). The summed E-state index contributed by atoms with van der Waals surface area (Å²) in [5.41, 5.74) is 1.75. The molecular formula is C23H27N7O3. The summed E-state index contributed by atoms with van der Waals surface area (Å²) in [4.78, 5) is 42.2. The smallest absolute Gasteiger partial charge is 0.244 e. The van der Waals surface area contributed by atoms with Gasteiger partial charge in [-0.25, -0.2) is 9.97 Å². The zero-order chi connectivity index (χ0) is 23.4. The van der Waals surface area contributed by atoms with Crippen LogP contribution in [-0.2, 0) is 16.1 Å². The van der Waals surface area contributed by atoms with E-state index in [2.05, 4.69) is 20.3 Å². The number of anilines is 1.